The highest BCUT2D eigenvalue weighted by molar-refractivity contribution is 7.46. The second kappa shape index (κ2) is 14.2. The minimum Gasteiger partial charge on any atom is -0.428 e. The molecule has 0 aliphatic heterocycles. The molecule has 2 aromatic heterocycles. The van der Waals surface area contributed by atoms with E-state index in [1.165, 1.54) is 30.6 Å². The van der Waals surface area contributed by atoms with Crippen molar-refractivity contribution in [2.24, 2.45) is 0 Å². The molecule has 17 heteroatoms. The summed E-state index contributed by atoms with van der Waals surface area (Å²) in [6, 6.07) is 10.4. The first kappa shape index (κ1) is 34.0. The standard InChI is InChI=1S/C31H33N6O10P/c1-4-36(31(41)46-17-45-26(38)13-20-6-11-23(12-7-20)47-48(42,43)44)30(40)21-8-5-18(2)25(14-21)35-28-27-19(3)24(15-37(27)33-16-32-28)29(39)34-22-9-10-22/h5-8,11-12,14-16,22H,4,9-10,13,17H2,1-3H3,(H,34,39)(H,32,33,35)(H2,42,43,44). The van der Waals surface area contributed by atoms with Crippen LogP contribution in [0, 0.1) is 13.8 Å². The van der Waals surface area contributed by atoms with Gasteiger partial charge in [0.05, 0.1) is 12.0 Å². The maximum Gasteiger partial charge on any atom is 0.524 e. The number of nitrogens with zero attached hydrogens (tertiary/aromatic N) is 4. The van der Waals surface area contributed by atoms with E-state index in [0.29, 0.717) is 33.7 Å². The Labute approximate surface area is 274 Å². The Bertz CT molecular complexity index is 1920. The number of benzene rings is 2. The van der Waals surface area contributed by atoms with E-state index in [2.05, 4.69) is 25.2 Å². The van der Waals surface area contributed by atoms with Crippen LogP contribution in [-0.2, 0) is 25.3 Å². The van der Waals surface area contributed by atoms with Crippen molar-refractivity contribution in [3.63, 3.8) is 0 Å². The first-order valence-corrected chi connectivity index (χ1v) is 16.4. The summed E-state index contributed by atoms with van der Waals surface area (Å²) in [6.07, 6.45) is 3.67. The van der Waals surface area contributed by atoms with Crippen LogP contribution in [0.4, 0.5) is 16.3 Å². The molecule has 5 rings (SSSR count). The van der Waals surface area contributed by atoms with Gasteiger partial charge in [0.1, 0.15) is 17.6 Å². The summed E-state index contributed by atoms with van der Waals surface area (Å²) >= 11 is 0. The molecule has 16 nitrogen and oxygen atoms in total. The third kappa shape index (κ3) is 8.34. The number of phosphoric ester groups is 1. The molecule has 48 heavy (non-hydrogen) atoms. The molecule has 4 N–H and O–H groups in total. The topological polar surface area (TPSA) is 211 Å². The summed E-state index contributed by atoms with van der Waals surface area (Å²) in [7, 11) is -4.71. The fraction of sp³-hybridized carbons (Fsp3) is 0.290. The van der Waals surface area contributed by atoms with Gasteiger partial charge in [-0.3, -0.25) is 24.2 Å². The monoisotopic (exact) mass is 680 g/mol. The van der Waals surface area contributed by atoms with Gasteiger partial charge in [-0.2, -0.15) is 5.10 Å². The number of aryl methyl sites for hydroxylation is 2. The third-order valence-electron chi connectivity index (χ3n) is 7.40. The zero-order valence-electron chi connectivity index (χ0n) is 26.2. The first-order valence-electron chi connectivity index (χ1n) is 14.8. The molecule has 0 atom stereocenters. The van der Waals surface area contributed by atoms with Crippen LogP contribution in [0.15, 0.2) is 55.0 Å². The fourth-order valence-electron chi connectivity index (χ4n) is 4.75. The van der Waals surface area contributed by atoms with E-state index >= 15 is 0 Å². The van der Waals surface area contributed by atoms with E-state index in [4.69, 9.17) is 19.3 Å². The lowest BCUT2D eigenvalue weighted by Gasteiger charge is -2.19. The number of carbonyl (C=O) groups excluding carboxylic acids is 4. The summed E-state index contributed by atoms with van der Waals surface area (Å²) in [6.45, 7) is 4.45. The molecule has 252 valence electrons. The SMILES string of the molecule is CCN(C(=O)OCOC(=O)Cc1ccc(OP(=O)(O)O)cc1)C(=O)c1ccc(C)c(Nc2ncnn3cc(C(=O)NC4CC4)c(C)c23)c1. The number of carbonyl (C=O) groups is 4. The van der Waals surface area contributed by atoms with Gasteiger partial charge in [0.15, 0.2) is 5.82 Å². The van der Waals surface area contributed by atoms with Crippen molar-refractivity contribution in [1.29, 1.82) is 0 Å². The lowest BCUT2D eigenvalue weighted by atomic mass is 10.1. The van der Waals surface area contributed by atoms with Crippen molar-refractivity contribution in [1.82, 2.24) is 24.8 Å². The van der Waals surface area contributed by atoms with Crippen LogP contribution in [0.3, 0.4) is 0 Å². The van der Waals surface area contributed by atoms with Gasteiger partial charge >= 0.3 is 19.9 Å². The van der Waals surface area contributed by atoms with Crippen LogP contribution >= 0.6 is 7.82 Å². The van der Waals surface area contributed by atoms with E-state index in [1.807, 2.05) is 13.8 Å². The van der Waals surface area contributed by atoms with Crippen molar-refractivity contribution in [3.8, 4) is 5.75 Å². The number of phosphoric acid groups is 1. The summed E-state index contributed by atoms with van der Waals surface area (Å²) in [5.74, 6) is -1.25. The molecular formula is C31H33N6O10P. The van der Waals surface area contributed by atoms with E-state index in [-0.39, 0.29) is 36.2 Å². The molecule has 0 saturated heterocycles. The molecule has 0 bridgehead atoms. The lowest BCUT2D eigenvalue weighted by Crippen LogP contribution is -2.37. The van der Waals surface area contributed by atoms with Crippen LogP contribution in [0.2, 0.25) is 0 Å². The molecule has 0 spiro atoms. The minimum absolute atomic E-state index is 0.0349. The third-order valence-corrected chi connectivity index (χ3v) is 7.85. The molecular weight excluding hydrogens is 647 g/mol. The van der Waals surface area contributed by atoms with Gasteiger partial charge in [0.25, 0.3) is 11.8 Å². The number of nitrogens with one attached hydrogen (secondary N) is 2. The van der Waals surface area contributed by atoms with E-state index < -0.39 is 32.6 Å². The number of hydrogen-bond donors (Lipinski definition) is 4. The summed E-state index contributed by atoms with van der Waals surface area (Å²) in [5.41, 5.74) is 3.70. The molecule has 1 fully saturated rings. The summed E-state index contributed by atoms with van der Waals surface area (Å²) < 4.78 is 26.9. The average Bonchev–Trinajstić information content (AvgIpc) is 3.78. The van der Waals surface area contributed by atoms with E-state index in [1.54, 1.807) is 35.8 Å². The molecule has 1 aliphatic carbocycles. The van der Waals surface area contributed by atoms with Gasteiger partial charge < -0.3 is 24.6 Å². The Hall–Kier alpha value is -5.31. The van der Waals surface area contributed by atoms with Crippen LogP contribution in [-0.4, -0.2) is 72.5 Å². The molecule has 4 aromatic rings. The Kier molecular flexibility index (Phi) is 10.1. The number of amides is 3. The van der Waals surface area contributed by atoms with E-state index in [0.717, 1.165) is 23.3 Å². The molecule has 1 saturated carbocycles. The van der Waals surface area contributed by atoms with Crippen molar-refractivity contribution < 1.29 is 47.5 Å². The second-order valence-electron chi connectivity index (χ2n) is 11.0. The summed E-state index contributed by atoms with van der Waals surface area (Å²) in [5, 5.41) is 10.5. The smallest absolute Gasteiger partial charge is 0.428 e. The van der Waals surface area contributed by atoms with Gasteiger partial charge in [0.2, 0.25) is 6.79 Å². The van der Waals surface area contributed by atoms with Gasteiger partial charge in [-0.25, -0.2) is 23.8 Å². The zero-order valence-corrected chi connectivity index (χ0v) is 27.1. The molecule has 2 heterocycles. The maximum absolute atomic E-state index is 13.4. The number of esters is 1. The van der Waals surface area contributed by atoms with Gasteiger partial charge in [-0.15, -0.1) is 0 Å². The number of fused-ring (bicyclic) bond motifs is 1. The number of rotatable bonds is 12. The highest BCUT2D eigenvalue weighted by Crippen LogP contribution is 2.37. The highest BCUT2D eigenvalue weighted by Gasteiger charge is 2.27. The van der Waals surface area contributed by atoms with Crippen LogP contribution < -0.4 is 15.2 Å². The minimum atomic E-state index is -4.71. The molecule has 0 unspecified atom stereocenters. The molecule has 2 aromatic carbocycles. The van der Waals surface area contributed by atoms with Crippen molar-refractivity contribution in [2.45, 2.75) is 46.1 Å². The number of hydrogen-bond acceptors (Lipinski definition) is 11. The first-order chi connectivity index (χ1) is 22.8. The lowest BCUT2D eigenvalue weighted by molar-refractivity contribution is -0.151. The van der Waals surface area contributed by atoms with E-state index in [9.17, 15) is 23.7 Å². The second-order valence-corrected chi connectivity index (χ2v) is 12.1. The molecule has 0 radical (unpaired) electrons. The van der Waals surface area contributed by atoms with Crippen molar-refractivity contribution in [2.75, 3.05) is 18.7 Å². The van der Waals surface area contributed by atoms with Crippen molar-refractivity contribution in [3.05, 3.63) is 82.8 Å². The maximum atomic E-state index is 13.4. The van der Waals surface area contributed by atoms with Gasteiger partial charge in [0, 0.05) is 30.0 Å². The number of aromatic nitrogens is 3. The number of ether oxygens (including phenoxy) is 2. The predicted octanol–water partition coefficient (Wildman–Crippen LogP) is 3.80. The predicted molar refractivity (Wildman–Crippen MR) is 170 cm³/mol. The Morgan fingerprint density at radius 3 is 2.46 bits per heavy atom. The molecule has 3 amide bonds. The largest absolute Gasteiger partial charge is 0.524 e. The Morgan fingerprint density at radius 1 is 1.06 bits per heavy atom. The van der Waals surface area contributed by atoms with Gasteiger partial charge in [-0.1, -0.05) is 18.2 Å². The van der Waals surface area contributed by atoms with Crippen LogP contribution in [0.5, 0.6) is 5.75 Å². The van der Waals surface area contributed by atoms with Gasteiger partial charge in [-0.05, 0) is 74.6 Å². The van der Waals surface area contributed by atoms with Crippen LogP contribution in [0.1, 0.15) is 57.2 Å². The Balaban J connectivity index is 1.21. The molecule has 1 aliphatic rings. The normalized spacial score (nSPS) is 12.7. The summed E-state index contributed by atoms with van der Waals surface area (Å²) in [4.78, 5) is 74.1. The fourth-order valence-corrected chi connectivity index (χ4v) is 5.14. The Morgan fingerprint density at radius 2 is 1.79 bits per heavy atom. The average molecular weight is 681 g/mol. The van der Waals surface area contributed by atoms with Crippen LogP contribution in [0.25, 0.3) is 5.52 Å². The number of anilines is 2. The quantitative estimate of drug-likeness (QED) is 0.0954. The highest BCUT2D eigenvalue weighted by atomic mass is 31.2. The zero-order chi connectivity index (χ0) is 34.6. The number of imide groups is 1. The van der Waals surface area contributed by atoms with Crippen molar-refractivity contribution >= 4 is 48.7 Å².